The van der Waals surface area contributed by atoms with E-state index >= 15 is 0 Å². The van der Waals surface area contributed by atoms with Crippen LogP contribution in [0.15, 0.2) is 29.3 Å². The fourth-order valence-electron chi connectivity index (χ4n) is 2.79. The number of hydrogen-bond acceptors (Lipinski definition) is 4. The zero-order valence-corrected chi connectivity index (χ0v) is 15.6. The average molecular weight is 360 g/mol. The van der Waals surface area contributed by atoms with Crippen molar-refractivity contribution in [2.24, 2.45) is 4.99 Å². The highest BCUT2D eigenvalue weighted by atomic mass is 16.5. The maximum absolute atomic E-state index is 12.3. The van der Waals surface area contributed by atoms with Gasteiger partial charge in [-0.05, 0) is 38.3 Å². The van der Waals surface area contributed by atoms with Crippen LogP contribution in [0.1, 0.15) is 46.9 Å². The number of benzene rings is 1. The molecule has 7 heteroatoms. The zero-order valence-electron chi connectivity index (χ0n) is 15.6. The highest BCUT2D eigenvalue weighted by Gasteiger charge is 2.34. The van der Waals surface area contributed by atoms with Gasteiger partial charge in [-0.1, -0.05) is 12.1 Å². The molecule has 2 N–H and O–H groups in total. The lowest BCUT2D eigenvalue weighted by molar-refractivity contribution is 0.0652. The van der Waals surface area contributed by atoms with E-state index in [0.29, 0.717) is 17.7 Å². The number of rotatable bonds is 10. The number of ether oxygens (including phenoxy) is 1. The van der Waals surface area contributed by atoms with Gasteiger partial charge in [-0.25, -0.2) is 0 Å². The smallest absolute Gasteiger partial charge is 0.261 e. The fourth-order valence-corrected chi connectivity index (χ4v) is 2.79. The standard InChI is InChI=1S/C19H28N4O3/c1-3-26-14-8-12-22-19(20-2)21-11-6-7-13-23-17(24)15-9-4-5-10-16(15)18(23)25/h4-5,9-10H,3,6-8,11-14H2,1-2H3,(H2,20,21,22). The normalized spacial score (nSPS) is 13.9. The van der Waals surface area contributed by atoms with Crippen molar-refractivity contribution in [3.8, 4) is 0 Å². The first-order valence-electron chi connectivity index (χ1n) is 9.16. The van der Waals surface area contributed by atoms with Crippen LogP contribution < -0.4 is 10.6 Å². The number of aliphatic imine (C=N–C) groups is 1. The molecular formula is C19H28N4O3. The molecular weight excluding hydrogens is 332 g/mol. The third-order valence-corrected chi connectivity index (χ3v) is 4.16. The van der Waals surface area contributed by atoms with Gasteiger partial charge in [0.15, 0.2) is 5.96 Å². The van der Waals surface area contributed by atoms with E-state index < -0.39 is 0 Å². The molecule has 0 unspecified atom stereocenters. The molecule has 0 bridgehead atoms. The van der Waals surface area contributed by atoms with Crippen molar-refractivity contribution in [3.63, 3.8) is 0 Å². The summed E-state index contributed by atoms with van der Waals surface area (Å²) in [5, 5.41) is 6.46. The molecule has 142 valence electrons. The summed E-state index contributed by atoms with van der Waals surface area (Å²) in [6.07, 6.45) is 2.52. The summed E-state index contributed by atoms with van der Waals surface area (Å²) in [6.45, 7) is 5.42. The van der Waals surface area contributed by atoms with Crippen LogP contribution in [-0.4, -0.2) is 62.6 Å². The highest BCUT2D eigenvalue weighted by molar-refractivity contribution is 6.21. The fraction of sp³-hybridized carbons (Fsp3) is 0.526. The summed E-state index contributed by atoms with van der Waals surface area (Å²) >= 11 is 0. The number of nitrogens with one attached hydrogen (secondary N) is 2. The zero-order chi connectivity index (χ0) is 18.8. The van der Waals surface area contributed by atoms with Gasteiger partial charge in [0.05, 0.1) is 11.1 Å². The summed E-state index contributed by atoms with van der Waals surface area (Å²) in [5.41, 5.74) is 1.01. The molecule has 0 spiro atoms. The SMILES string of the molecule is CCOCCCNC(=NC)NCCCCN1C(=O)c2ccccc2C1=O. The van der Waals surface area contributed by atoms with Gasteiger partial charge < -0.3 is 15.4 Å². The van der Waals surface area contributed by atoms with E-state index in [1.54, 1.807) is 31.3 Å². The van der Waals surface area contributed by atoms with Gasteiger partial charge in [-0.3, -0.25) is 19.5 Å². The second-order valence-corrected chi connectivity index (χ2v) is 5.99. The van der Waals surface area contributed by atoms with Gasteiger partial charge in [0.2, 0.25) is 0 Å². The Morgan fingerprint density at radius 3 is 2.23 bits per heavy atom. The van der Waals surface area contributed by atoms with E-state index in [1.807, 2.05) is 6.92 Å². The van der Waals surface area contributed by atoms with E-state index in [0.717, 1.165) is 51.5 Å². The molecule has 0 saturated carbocycles. The highest BCUT2D eigenvalue weighted by Crippen LogP contribution is 2.22. The Hall–Kier alpha value is -2.41. The number of amides is 2. The molecule has 26 heavy (non-hydrogen) atoms. The van der Waals surface area contributed by atoms with Crippen molar-refractivity contribution in [2.75, 3.05) is 39.9 Å². The summed E-state index contributed by atoms with van der Waals surface area (Å²) in [7, 11) is 1.73. The number of carbonyl (C=O) groups excluding carboxylic acids is 2. The monoisotopic (exact) mass is 360 g/mol. The largest absolute Gasteiger partial charge is 0.382 e. The Kier molecular flexibility index (Phi) is 8.08. The molecule has 2 rings (SSSR count). The number of hydrogen-bond donors (Lipinski definition) is 2. The van der Waals surface area contributed by atoms with Crippen LogP contribution in [0.4, 0.5) is 0 Å². The van der Waals surface area contributed by atoms with Crippen molar-refractivity contribution < 1.29 is 14.3 Å². The van der Waals surface area contributed by atoms with Crippen LogP contribution in [0.2, 0.25) is 0 Å². The molecule has 1 aromatic rings. The predicted molar refractivity (Wildman–Crippen MR) is 102 cm³/mol. The van der Waals surface area contributed by atoms with Gasteiger partial charge in [0, 0.05) is 39.9 Å². The quantitative estimate of drug-likeness (QED) is 0.287. The van der Waals surface area contributed by atoms with Crippen molar-refractivity contribution in [2.45, 2.75) is 26.2 Å². The van der Waals surface area contributed by atoms with Crippen LogP contribution in [0.3, 0.4) is 0 Å². The number of fused-ring (bicyclic) bond motifs is 1. The molecule has 0 aliphatic carbocycles. The Morgan fingerprint density at radius 1 is 1.04 bits per heavy atom. The Labute approximate surface area is 154 Å². The molecule has 0 fully saturated rings. The van der Waals surface area contributed by atoms with E-state index in [-0.39, 0.29) is 11.8 Å². The number of nitrogens with zero attached hydrogens (tertiary/aromatic N) is 2. The van der Waals surface area contributed by atoms with E-state index in [2.05, 4.69) is 15.6 Å². The second kappa shape index (κ2) is 10.6. The minimum atomic E-state index is -0.190. The molecule has 0 aromatic heterocycles. The van der Waals surface area contributed by atoms with Gasteiger partial charge in [0.1, 0.15) is 0 Å². The molecule has 1 aliphatic heterocycles. The molecule has 0 atom stereocenters. The van der Waals surface area contributed by atoms with E-state index in [1.165, 1.54) is 4.90 Å². The lowest BCUT2D eigenvalue weighted by Gasteiger charge is -2.15. The van der Waals surface area contributed by atoms with Crippen LogP contribution in [0.25, 0.3) is 0 Å². The molecule has 0 saturated heterocycles. The number of unbranched alkanes of at least 4 members (excludes halogenated alkanes) is 1. The first-order chi connectivity index (χ1) is 12.7. The number of guanidine groups is 1. The number of imide groups is 1. The first-order valence-corrected chi connectivity index (χ1v) is 9.16. The lowest BCUT2D eigenvalue weighted by atomic mass is 10.1. The number of carbonyl (C=O) groups is 2. The maximum atomic E-state index is 12.3. The van der Waals surface area contributed by atoms with Crippen LogP contribution >= 0.6 is 0 Å². The summed E-state index contributed by atoms with van der Waals surface area (Å²) in [5.74, 6) is 0.373. The van der Waals surface area contributed by atoms with Crippen LogP contribution in [0.5, 0.6) is 0 Å². The van der Waals surface area contributed by atoms with Gasteiger partial charge >= 0.3 is 0 Å². The molecule has 7 nitrogen and oxygen atoms in total. The topological polar surface area (TPSA) is 83.0 Å². The van der Waals surface area contributed by atoms with Crippen molar-refractivity contribution in [1.29, 1.82) is 0 Å². The van der Waals surface area contributed by atoms with Crippen LogP contribution in [-0.2, 0) is 4.74 Å². The van der Waals surface area contributed by atoms with Gasteiger partial charge in [-0.15, -0.1) is 0 Å². The maximum Gasteiger partial charge on any atom is 0.261 e. The third kappa shape index (κ3) is 5.29. The molecule has 2 amide bonds. The van der Waals surface area contributed by atoms with Gasteiger partial charge in [0.25, 0.3) is 11.8 Å². The van der Waals surface area contributed by atoms with Crippen LogP contribution in [0, 0.1) is 0 Å². The summed E-state index contributed by atoms with van der Waals surface area (Å²) in [4.78, 5) is 30.0. The third-order valence-electron chi connectivity index (χ3n) is 4.16. The molecule has 1 aliphatic rings. The molecule has 1 aromatic carbocycles. The van der Waals surface area contributed by atoms with E-state index in [9.17, 15) is 9.59 Å². The minimum Gasteiger partial charge on any atom is -0.382 e. The Balaban J connectivity index is 1.63. The molecule has 0 radical (unpaired) electrons. The Morgan fingerprint density at radius 2 is 1.65 bits per heavy atom. The van der Waals surface area contributed by atoms with Crippen molar-refractivity contribution >= 4 is 17.8 Å². The minimum absolute atomic E-state index is 0.190. The second-order valence-electron chi connectivity index (χ2n) is 5.99. The van der Waals surface area contributed by atoms with Crippen molar-refractivity contribution in [1.82, 2.24) is 15.5 Å². The molecule has 1 heterocycles. The van der Waals surface area contributed by atoms with Gasteiger partial charge in [-0.2, -0.15) is 0 Å². The predicted octanol–water partition coefficient (Wildman–Crippen LogP) is 1.65. The lowest BCUT2D eigenvalue weighted by Crippen LogP contribution is -2.38. The van der Waals surface area contributed by atoms with Crippen molar-refractivity contribution in [3.05, 3.63) is 35.4 Å². The summed E-state index contributed by atoms with van der Waals surface area (Å²) < 4.78 is 5.29. The Bertz CT molecular complexity index is 610. The van der Waals surface area contributed by atoms with E-state index in [4.69, 9.17) is 4.74 Å². The first kappa shape index (κ1) is 19.9. The summed E-state index contributed by atoms with van der Waals surface area (Å²) in [6, 6.07) is 6.98. The average Bonchev–Trinajstić information content (AvgIpc) is 2.91.